The highest BCUT2D eigenvalue weighted by atomic mass is 19.1. The fourth-order valence-electron chi connectivity index (χ4n) is 6.22. The van der Waals surface area contributed by atoms with E-state index < -0.39 is 0 Å². The zero-order valence-electron chi connectivity index (χ0n) is 18.7. The summed E-state index contributed by atoms with van der Waals surface area (Å²) < 4.78 is 14.2. The van der Waals surface area contributed by atoms with Crippen LogP contribution in [-0.4, -0.2) is 35.8 Å². The van der Waals surface area contributed by atoms with Gasteiger partial charge >= 0.3 is 6.03 Å². The highest BCUT2D eigenvalue weighted by molar-refractivity contribution is 5.82. The van der Waals surface area contributed by atoms with Crippen LogP contribution in [0.15, 0.2) is 24.3 Å². The number of nitrogens with one attached hydrogen (secondary N) is 1. The Balaban J connectivity index is 1.22. The van der Waals surface area contributed by atoms with Gasteiger partial charge in [0, 0.05) is 31.5 Å². The summed E-state index contributed by atoms with van der Waals surface area (Å²) in [5.74, 6) is 1.05. The number of benzene rings is 1. The van der Waals surface area contributed by atoms with Gasteiger partial charge in [0.15, 0.2) is 0 Å². The highest BCUT2D eigenvalue weighted by Gasteiger charge is 2.35. The SMILES string of the molecule is O=C(CCNC(=O)N1CCCC2CCCCC21)C1CCCC(c2ccccc2F)CC1. The summed E-state index contributed by atoms with van der Waals surface area (Å²) in [4.78, 5) is 27.6. The van der Waals surface area contributed by atoms with Crippen molar-refractivity contribution >= 4 is 11.8 Å². The molecule has 2 saturated carbocycles. The molecule has 1 heterocycles. The number of fused-ring (bicyclic) bond motifs is 1. The van der Waals surface area contributed by atoms with Gasteiger partial charge in [-0.3, -0.25) is 4.79 Å². The summed E-state index contributed by atoms with van der Waals surface area (Å²) in [6.45, 7) is 1.28. The van der Waals surface area contributed by atoms with Crippen molar-refractivity contribution in [1.82, 2.24) is 10.2 Å². The van der Waals surface area contributed by atoms with Crippen LogP contribution >= 0.6 is 0 Å². The summed E-state index contributed by atoms with van der Waals surface area (Å²) in [6, 6.07) is 7.46. The first-order valence-electron chi connectivity index (χ1n) is 12.4. The second kappa shape index (κ2) is 10.6. The Hall–Kier alpha value is -1.91. The van der Waals surface area contributed by atoms with E-state index in [-0.39, 0.29) is 29.5 Å². The van der Waals surface area contributed by atoms with Gasteiger partial charge in [-0.2, -0.15) is 0 Å². The van der Waals surface area contributed by atoms with Crippen LogP contribution < -0.4 is 5.32 Å². The number of urea groups is 1. The lowest BCUT2D eigenvalue weighted by Gasteiger charge is -2.44. The van der Waals surface area contributed by atoms with E-state index in [1.807, 2.05) is 17.0 Å². The first-order valence-corrected chi connectivity index (χ1v) is 12.4. The Morgan fingerprint density at radius 3 is 2.61 bits per heavy atom. The van der Waals surface area contributed by atoms with E-state index in [1.165, 1.54) is 31.7 Å². The van der Waals surface area contributed by atoms with Gasteiger partial charge in [-0.25, -0.2) is 9.18 Å². The molecule has 31 heavy (non-hydrogen) atoms. The molecule has 4 nitrogen and oxygen atoms in total. The van der Waals surface area contributed by atoms with Crippen molar-refractivity contribution in [2.24, 2.45) is 11.8 Å². The van der Waals surface area contributed by atoms with E-state index in [1.54, 1.807) is 6.07 Å². The number of carbonyl (C=O) groups is 2. The van der Waals surface area contributed by atoms with E-state index >= 15 is 0 Å². The van der Waals surface area contributed by atoms with Crippen LogP contribution in [0.2, 0.25) is 0 Å². The summed E-state index contributed by atoms with van der Waals surface area (Å²) in [7, 11) is 0. The van der Waals surface area contributed by atoms with Gasteiger partial charge in [-0.15, -0.1) is 0 Å². The summed E-state index contributed by atoms with van der Waals surface area (Å²) in [5, 5.41) is 3.03. The summed E-state index contributed by atoms with van der Waals surface area (Å²) in [5.41, 5.74) is 0.797. The van der Waals surface area contributed by atoms with Crippen LogP contribution in [0.3, 0.4) is 0 Å². The predicted molar refractivity (Wildman–Crippen MR) is 120 cm³/mol. The molecule has 1 aromatic rings. The maximum Gasteiger partial charge on any atom is 0.317 e. The number of carbonyl (C=O) groups excluding carboxylic acids is 2. The third kappa shape index (κ3) is 5.48. The molecule has 0 spiro atoms. The number of halogens is 1. The minimum absolute atomic E-state index is 0.0184. The maximum absolute atomic E-state index is 14.2. The predicted octanol–water partition coefficient (Wildman–Crippen LogP) is 5.81. The van der Waals surface area contributed by atoms with Gasteiger partial charge in [0.05, 0.1) is 0 Å². The summed E-state index contributed by atoms with van der Waals surface area (Å²) in [6.07, 6.45) is 12.1. The lowest BCUT2D eigenvalue weighted by Crippen LogP contribution is -2.53. The molecule has 3 aliphatic rings. The lowest BCUT2D eigenvalue weighted by atomic mass is 9.78. The molecule has 2 aliphatic carbocycles. The highest BCUT2D eigenvalue weighted by Crippen LogP contribution is 2.36. The average Bonchev–Trinajstić information content (AvgIpc) is 3.05. The Kier molecular flexibility index (Phi) is 7.62. The topological polar surface area (TPSA) is 49.4 Å². The molecule has 4 unspecified atom stereocenters. The van der Waals surface area contributed by atoms with E-state index in [0.29, 0.717) is 24.9 Å². The molecular formula is C26H37FN2O2. The largest absolute Gasteiger partial charge is 0.338 e. The van der Waals surface area contributed by atoms with Crippen molar-refractivity contribution in [3.8, 4) is 0 Å². The average molecular weight is 429 g/mol. The number of hydrogen-bond acceptors (Lipinski definition) is 2. The molecule has 1 aromatic carbocycles. The molecule has 0 radical (unpaired) electrons. The van der Waals surface area contributed by atoms with Crippen molar-refractivity contribution < 1.29 is 14.0 Å². The minimum atomic E-state index is -0.127. The van der Waals surface area contributed by atoms with Crippen LogP contribution in [0, 0.1) is 17.7 Å². The van der Waals surface area contributed by atoms with Gasteiger partial charge in [0.25, 0.3) is 0 Å². The molecule has 4 rings (SSSR count). The molecule has 4 atom stereocenters. The molecule has 170 valence electrons. The third-order valence-corrected chi connectivity index (χ3v) is 7.92. The van der Waals surface area contributed by atoms with Crippen molar-refractivity contribution in [3.63, 3.8) is 0 Å². The van der Waals surface area contributed by atoms with Crippen molar-refractivity contribution in [3.05, 3.63) is 35.6 Å². The second-order valence-electron chi connectivity index (χ2n) is 9.82. The van der Waals surface area contributed by atoms with E-state index in [0.717, 1.165) is 57.1 Å². The number of Topliss-reactive ketones (excluding diaryl/α,β-unsaturated/α-hetero) is 1. The third-order valence-electron chi connectivity index (χ3n) is 7.92. The van der Waals surface area contributed by atoms with Crippen molar-refractivity contribution in [1.29, 1.82) is 0 Å². The Labute approximate surface area is 186 Å². The molecule has 0 bridgehead atoms. The Bertz CT molecular complexity index is 766. The van der Waals surface area contributed by atoms with Gasteiger partial charge in [0.2, 0.25) is 0 Å². The van der Waals surface area contributed by atoms with Crippen molar-refractivity contribution in [2.75, 3.05) is 13.1 Å². The molecule has 1 aliphatic heterocycles. The first-order chi connectivity index (χ1) is 15.1. The number of ketones is 1. The molecule has 1 saturated heterocycles. The molecule has 1 N–H and O–H groups in total. The summed E-state index contributed by atoms with van der Waals surface area (Å²) >= 11 is 0. The zero-order chi connectivity index (χ0) is 21.6. The van der Waals surface area contributed by atoms with Crippen LogP contribution in [-0.2, 0) is 4.79 Å². The number of nitrogens with zero attached hydrogens (tertiary/aromatic N) is 1. The number of amides is 2. The normalized spacial score (nSPS) is 29.0. The van der Waals surface area contributed by atoms with Crippen molar-refractivity contribution in [2.45, 2.75) is 89.0 Å². The zero-order valence-corrected chi connectivity index (χ0v) is 18.7. The second-order valence-corrected chi connectivity index (χ2v) is 9.82. The number of piperidine rings is 1. The van der Waals surface area contributed by atoms with Crippen LogP contribution in [0.5, 0.6) is 0 Å². The van der Waals surface area contributed by atoms with E-state index in [2.05, 4.69) is 5.32 Å². The fourth-order valence-corrected chi connectivity index (χ4v) is 6.22. The molecule has 3 fully saturated rings. The number of likely N-dealkylation sites (tertiary alicyclic amines) is 1. The Morgan fingerprint density at radius 2 is 1.74 bits per heavy atom. The maximum atomic E-state index is 14.2. The van der Waals surface area contributed by atoms with Gasteiger partial charge in [-0.1, -0.05) is 37.5 Å². The lowest BCUT2D eigenvalue weighted by molar-refractivity contribution is -0.123. The van der Waals surface area contributed by atoms with Gasteiger partial charge < -0.3 is 10.2 Å². The molecular weight excluding hydrogens is 391 g/mol. The van der Waals surface area contributed by atoms with E-state index in [4.69, 9.17) is 0 Å². The van der Waals surface area contributed by atoms with E-state index in [9.17, 15) is 14.0 Å². The molecule has 5 heteroatoms. The minimum Gasteiger partial charge on any atom is -0.338 e. The quantitative estimate of drug-likeness (QED) is 0.602. The first kappa shape index (κ1) is 22.3. The van der Waals surface area contributed by atoms with Gasteiger partial charge in [0.1, 0.15) is 11.6 Å². The molecule has 0 aromatic heterocycles. The standard InChI is InChI=1S/C26H37FN2O2/c27-23-12-3-2-11-22(23)19-8-5-9-21(15-14-19)25(30)16-17-28-26(31)29-18-6-10-20-7-1-4-13-24(20)29/h2-3,11-12,19-21,24H,1,4-10,13-18H2,(H,28,31). The molecule has 2 amide bonds. The monoisotopic (exact) mass is 428 g/mol. The van der Waals surface area contributed by atoms with Crippen LogP contribution in [0.25, 0.3) is 0 Å². The van der Waals surface area contributed by atoms with Gasteiger partial charge in [-0.05, 0) is 74.8 Å². The number of hydrogen-bond donors (Lipinski definition) is 1. The Morgan fingerprint density at radius 1 is 0.935 bits per heavy atom. The van der Waals surface area contributed by atoms with Crippen LogP contribution in [0.4, 0.5) is 9.18 Å². The number of rotatable bonds is 5. The smallest absolute Gasteiger partial charge is 0.317 e. The fraction of sp³-hybridized carbons (Fsp3) is 0.692. The van der Waals surface area contributed by atoms with Crippen LogP contribution in [0.1, 0.15) is 88.5 Å².